The first-order valence-electron chi connectivity index (χ1n) is 4.15. The van der Waals surface area contributed by atoms with Crippen molar-refractivity contribution in [2.24, 2.45) is 0 Å². The van der Waals surface area contributed by atoms with Gasteiger partial charge in [0.05, 0.1) is 7.11 Å². The average molecular weight is 184 g/mol. The van der Waals surface area contributed by atoms with Gasteiger partial charge in [-0.15, -0.1) is 0 Å². The second-order valence-electron chi connectivity index (χ2n) is 2.78. The first-order chi connectivity index (χ1) is 6.17. The molecule has 0 aromatic carbocycles. The number of ether oxygens (including phenoxy) is 2. The van der Waals surface area contributed by atoms with Gasteiger partial charge in [-0.25, -0.2) is 4.79 Å². The van der Waals surface area contributed by atoms with Gasteiger partial charge in [0.15, 0.2) is 0 Å². The number of methoxy groups -OCH3 is 1. The molecule has 0 aromatic rings. The van der Waals surface area contributed by atoms with E-state index in [1.165, 1.54) is 13.2 Å². The van der Waals surface area contributed by atoms with E-state index >= 15 is 0 Å². The van der Waals surface area contributed by atoms with Gasteiger partial charge in [-0.05, 0) is 0 Å². The molecule has 4 heteroatoms. The minimum Gasteiger partial charge on any atom is -0.490 e. The number of Topliss-reactive ketones (excluding diaryl/α,β-unsaturated/α-hetero) is 1. The molecule has 0 radical (unpaired) electrons. The summed E-state index contributed by atoms with van der Waals surface area (Å²) in [6, 6.07) is 0. The summed E-state index contributed by atoms with van der Waals surface area (Å²) < 4.78 is 9.60. The molecule has 72 valence electrons. The maximum Gasteiger partial charge on any atom is 0.373 e. The van der Waals surface area contributed by atoms with Gasteiger partial charge >= 0.3 is 5.97 Å². The number of ketones is 1. The lowest BCUT2D eigenvalue weighted by molar-refractivity contribution is -0.143. The van der Waals surface area contributed by atoms with Gasteiger partial charge in [-0.3, -0.25) is 4.79 Å². The second kappa shape index (κ2) is 4.07. The van der Waals surface area contributed by atoms with Crippen molar-refractivity contribution in [3.05, 3.63) is 11.8 Å². The molecule has 0 spiro atoms. The van der Waals surface area contributed by atoms with E-state index in [-0.39, 0.29) is 18.0 Å². The number of hydrogen-bond acceptors (Lipinski definition) is 4. The summed E-state index contributed by atoms with van der Waals surface area (Å²) in [6.45, 7) is 1.78. The Hall–Kier alpha value is -1.32. The van der Waals surface area contributed by atoms with Crippen LogP contribution >= 0.6 is 0 Å². The molecule has 13 heavy (non-hydrogen) atoms. The lowest BCUT2D eigenvalue weighted by Crippen LogP contribution is -2.13. The summed E-state index contributed by atoms with van der Waals surface area (Å²) in [6.07, 6.45) is 1.81. The van der Waals surface area contributed by atoms with Crippen LogP contribution in [0, 0.1) is 0 Å². The van der Waals surface area contributed by atoms with E-state index in [1.807, 2.05) is 0 Å². The van der Waals surface area contributed by atoms with E-state index in [4.69, 9.17) is 9.47 Å². The Morgan fingerprint density at radius 2 is 2.38 bits per heavy atom. The molecule has 0 unspecified atom stereocenters. The lowest BCUT2D eigenvalue weighted by Gasteiger charge is -2.04. The maximum absolute atomic E-state index is 11.0. The average Bonchev–Trinajstić information content (AvgIpc) is 2.46. The first kappa shape index (κ1) is 9.77. The molecule has 0 fully saturated rings. The highest BCUT2D eigenvalue weighted by Crippen LogP contribution is 2.17. The molecule has 1 heterocycles. The predicted octanol–water partition coefficient (Wildman–Crippen LogP) is 0.811. The summed E-state index contributed by atoms with van der Waals surface area (Å²) in [4.78, 5) is 22.0. The molecule has 0 saturated heterocycles. The van der Waals surface area contributed by atoms with E-state index < -0.39 is 12.1 Å². The van der Waals surface area contributed by atoms with Gasteiger partial charge in [0.1, 0.15) is 11.9 Å². The maximum atomic E-state index is 11.0. The van der Waals surface area contributed by atoms with Crippen LogP contribution in [-0.4, -0.2) is 25.0 Å². The van der Waals surface area contributed by atoms with Crippen LogP contribution in [0.5, 0.6) is 0 Å². The Balaban J connectivity index is 2.52. The number of cyclic esters (lactones) is 1. The molecule has 1 aliphatic heterocycles. The van der Waals surface area contributed by atoms with Crippen LogP contribution in [0.2, 0.25) is 0 Å². The van der Waals surface area contributed by atoms with Crippen LogP contribution in [0.15, 0.2) is 11.8 Å². The molecular weight excluding hydrogens is 172 g/mol. The minimum atomic E-state index is -0.489. The fourth-order valence-corrected chi connectivity index (χ4v) is 1.09. The summed E-state index contributed by atoms with van der Waals surface area (Å²) >= 11 is 0. The third-order valence-corrected chi connectivity index (χ3v) is 1.84. The normalized spacial score (nSPS) is 20.9. The molecule has 0 aliphatic carbocycles. The molecular formula is C9H12O4. The number of carbonyl (C=O) groups is 2. The van der Waals surface area contributed by atoms with E-state index in [0.29, 0.717) is 6.42 Å². The Morgan fingerprint density at radius 3 is 2.85 bits per heavy atom. The zero-order chi connectivity index (χ0) is 9.84. The zero-order valence-corrected chi connectivity index (χ0v) is 7.70. The number of carbonyl (C=O) groups excluding carboxylic acids is 2. The highest BCUT2D eigenvalue weighted by molar-refractivity contribution is 5.89. The number of rotatable bonds is 4. The molecule has 1 atom stereocenters. The van der Waals surface area contributed by atoms with Gasteiger partial charge in [0.25, 0.3) is 0 Å². The third-order valence-electron chi connectivity index (χ3n) is 1.84. The quantitative estimate of drug-likeness (QED) is 0.607. The van der Waals surface area contributed by atoms with Crippen LogP contribution in [0.1, 0.15) is 19.8 Å². The Morgan fingerprint density at radius 1 is 1.69 bits per heavy atom. The fourth-order valence-electron chi connectivity index (χ4n) is 1.09. The van der Waals surface area contributed by atoms with Gasteiger partial charge in [0, 0.05) is 18.9 Å². The number of hydrogen-bond donors (Lipinski definition) is 0. The van der Waals surface area contributed by atoms with E-state index in [2.05, 4.69) is 0 Å². The van der Waals surface area contributed by atoms with Gasteiger partial charge < -0.3 is 9.47 Å². The van der Waals surface area contributed by atoms with Crippen molar-refractivity contribution in [3.63, 3.8) is 0 Å². The molecule has 4 nitrogen and oxygen atoms in total. The van der Waals surface area contributed by atoms with Crippen molar-refractivity contribution >= 4 is 11.8 Å². The van der Waals surface area contributed by atoms with Crippen molar-refractivity contribution in [1.82, 2.24) is 0 Å². The Labute approximate surface area is 76.5 Å². The van der Waals surface area contributed by atoms with Crippen molar-refractivity contribution in [2.75, 3.05) is 7.11 Å². The number of esters is 1. The van der Waals surface area contributed by atoms with E-state index in [9.17, 15) is 9.59 Å². The van der Waals surface area contributed by atoms with Crippen LogP contribution in [0.3, 0.4) is 0 Å². The summed E-state index contributed by atoms with van der Waals surface area (Å²) in [5, 5.41) is 0. The molecule has 0 bridgehead atoms. The first-order valence-corrected chi connectivity index (χ1v) is 4.15. The summed E-state index contributed by atoms with van der Waals surface area (Å²) in [5.74, 6) is -0.225. The highest BCUT2D eigenvalue weighted by Gasteiger charge is 2.27. The minimum absolute atomic E-state index is 0.0754. The molecule has 1 rings (SSSR count). The van der Waals surface area contributed by atoms with E-state index in [0.717, 1.165) is 0 Å². The van der Waals surface area contributed by atoms with Gasteiger partial charge in [-0.2, -0.15) is 0 Å². The standard InChI is InChI=1S/C9H12O4/c1-3-6(10)4-7-5-8(12-2)9(11)13-7/h5,7H,3-4H2,1-2H3/t7-/m0/s1. The highest BCUT2D eigenvalue weighted by atomic mass is 16.6. The monoisotopic (exact) mass is 184 g/mol. The molecule has 0 saturated carbocycles. The predicted molar refractivity (Wildman–Crippen MR) is 44.9 cm³/mol. The molecule has 0 aromatic heterocycles. The fraction of sp³-hybridized carbons (Fsp3) is 0.556. The zero-order valence-electron chi connectivity index (χ0n) is 7.70. The Bertz CT molecular complexity index is 254. The van der Waals surface area contributed by atoms with Gasteiger partial charge in [-0.1, -0.05) is 6.92 Å². The Kier molecular flexibility index (Phi) is 3.06. The van der Waals surface area contributed by atoms with Crippen molar-refractivity contribution in [2.45, 2.75) is 25.9 Å². The van der Waals surface area contributed by atoms with Crippen LogP contribution in [0.25, 0.3) is 0 Å². The van der Waals surface area contributed by atoms with Crippen molar-refractivity contribution in [3.8, 4) is 0 Å². The van der Waals surface area contributed by atoms with Crippen molar-refractivity contribution < 1.29 is 19.1 Å². The lowest BCUT2D eigenvalue weighted by atomic mass is 10.1. The molecule has 1 aliphatic rings. The largest absolute Gasteiger partial charge is 0.490 e. The van der Waals surface area contributed by atoms with Crippen LogP contribution in [0.4, 0.5) is 0 Å². The van der Waals surface area contributed by atoms with Crippen LogP contribution < -0.4 is 0 Å². The molecule has 0 N–H and O–H groups in total. The van der Waals surface area contributed by atoms with Crippen molar-refractivity contribution in [1.29, 1.82) is 0 Å². The van der Waals surface area contributed by atoms with Crippen LogP contribution in [-0.2, 0) is 19.1 Å². The summed E-state index contributed by atoms with van der Waals surface area (Å²) in [7, 11) is 1.40. The molecule has 0 amide bonds. The second-order valence-corrected chi connectivity index (χ2v) is 2.78. The van der Waals surface area contributed by atoms with Gasteiger partial charge in [0.2, 0.25) is 5.76 Å². The summed E-state index contributed by atoms with van der Waals surface area (Å²) in [5.41, 5.74) is 0. The third kappa shape index (κ3) is 2.31. The SMILES string of the molecule is CCC(=O)C[C@H]1C=C(OC)C(=O)O1. The van der Waals surface area contributed by atoms with E-state index in [1.54, 1.807) is 6.92 Å². The topological polar surface area (TPSA) is 52.6 Å². The smallest absolute Gasteiger partial charge is 0.373 e.